The molecule has 0 radical (unpaired) electrons. The number of aliphatic hydroxyl groups excluding tert-OH is 5. The summed E-state index contributed by atoms with van der Waals surface area (Å²) in [6, 6.07) is 0. The van der Waals surface area contributed by atoms with Crippen molar-refractivity contribution in [3.05, 3.63) is 12.2 Å². The van der Waals surface area contributed by atoms with Crippen molar-refractivity contribution in [2.75, 3.05) is 6.61 Å². The van der Waals surface area contributed by atoms with Crippen molar-refractivity contribution in [3.63, 3.8) is 0 Å². The van der Waals surface area contributed by atoms with E-state index in [2.05, 4.69) is 20.4 Å². The molecule has 0 aliphatic heterocycles. The minimum atomic E-state index is -1.08. The van der Waals surface area contributed by atoms with Gasteiger partial charge in [0.15, 0.2) is 0 Å². The highest BCUT2D eigenvalue weighted by Crippen LogP contribution is 2.71. The van der Waals surface area contributed by atoms with Crippen molar-refractivity contribution in [1.29, 1.82) is 0 Å². The SMILES string of the molecule is C=C1C(O)[C@]23C[C@H]1CC[C@@H]2[C@]1(CO)C(O)CCC(C)(C)[C@@H]1C(O)C3O. The van der Waals surface area contributed by atoms with Gasteiger partial charge in [-0.25, -0.2) is 0 Å². The van der Waals surface area contributed by atoms with Crippen molar-refractivity contribution in [2.24, 2.45) is 34.0 Å². The van der Waals surface area contributed by atoms with Crippen LogP contribution < -0.4 is 0 Å². The van der Waals surface area contributed by atoms with Crippen LogP contribution in [0, 0.1) is 34.0 Å². The lowest BCUT2D eigenvalue weighted by Gasteiger charge is -2.68. The summed E-state index contributed by atoms with van der Waals surface area (Å²) in [5.41, 5.74) is -1.37. The largest absolute Gasteiger partial charge is 0.396 e. The lowest BCUT2D eigenvalue weighted by atomic mass is 9.38. The molecule has 25 heavy (non-hydrogen) atoms. The Kier molecular flexibility index (Phi) is 3.80. The van der Waals surface area contributed by atoms with Gasteiger partial charge in [-0.15, -0.1) is 0 Å². The van der Waals surface area contributed by atoms with Crippen LogP contribution in [0.5, 0.6) is 0 Å². The van der Waals surface area contributed by atoms with Gasteiger partial charge >= 0.3 is 0 Å². The minimum Gasteiger partial charge on any atom is -0.396 e. The molecule has 4 fully saturated rings. The van der Waals surface area contributed by atoms with Crippen LogP contribution >= 0.6 is 0 Å². The molecule has 4 aliphatic rings. The maximum absolute atomic E-state index is 11.2. The Morgan fingerprint density at radius 2 is 1.76 bits per heavy atom. The lowest BCUT2D eigenvalue weighted by molar-refractivity contribution is -0.304. The van der Waals surface area contributed by atoms with Crippen molar-refractivity contribution in [2.45, 2.75) is 70.4 Å². The Morgan fingerprint density at radius 1 is 1.08 bits per heavy atom. The van der Waals surface area contributed by atoms with E-state index in [9.17, 15) is 25.5 Å². The van der Waals surface area contributed by atoms with Crippen LogP contribution in [0.25, 0.3) is 0 Å². The Balaban J connectivity index is 1.93. The van der Waals surface area contributed by atoms with E-state index in [4.69, 9.17) is 0 Å². The normalized spacial score (nSPS) is 57.1. The van der Waals surface area contributed by atoms with Gasteiger partial charge < -0.3 is 25.5 Å². The molecule has 0 aromatic carbocycles. The smallest absolute Gasteiger partial charge is 0.0889 e. The molecule has 4 aliphatic carbocycles. The molecule has 4 unspecified atom stereocenters. The van der Waals surface area contributed by atoms with E-state index in [1.165, 1.54) is 0 Å². The minimum absolute atomic E-state index is 0.147. The molecule has 0 heterocycles. The molecule has 5 nitrogen and oxygen atoms in total. The van der Waals surface area contributed by atoms with Gasteiger partial charge in [0, 0.05) is 16.7 Å². The molecular formula is C20H32O5. The number of hydrogen-bond acceptors (Lipinski definition) is 5. The third kappa shape index (κ3) is 1.86. The first-order chi connectivity index (χ1) is 11.6. The predicted molar refractivity (Wildman–Crippen MR) is 92.5 cm³/mol. The zero-order chi connectivity index (χ0) is 18.4. The Labute approximate surface area is 149 Å². The fourth-order valence-electron chi connectivity index (χ4n) is 7.66. The Morgan fingerprint density at radius 3 is 2.40 bits per heavy atom. The van der Waals surface area contributed by atoms with E-state index >= 15 is 0 Å². The first kappa shape index (κ1) is 17.9. The maximum atomic E-state index is 11.2. The molecule has 0 saturated heterocycles. The summed E-state index contributed by atoms with van der Waals surface area (Å²) >= 11 is 0. The molecule has 0 aromatic rings. The maximum Gasteiger partial charge on any atom is 0.0889 e. The van der Waals surface area contributed by atoms with Crippen LogP contribution in [0.15, 0.2) is 12.2 Å². The highest BCUT2D eigenvalue weighted by atomic mass is 16.3. The van der Waals surface area contributed by atoms with E-state index < -0.39 is 41.2 Å². The standard InChI is InChI=1S/C20H32O5/c1-10-11-4-5-12-19(8-11,16(10)24)17(25)14(23)15-18(2,3)7-6-13(22)20(12,15)9-21/h11-17,21-25H,1,4-9H2,2-3H3/t11-,12+,13?,14?,15+,16?,17?,19+,20-/m1/s1. The van der Waals surface area contributed by atoms with Gasteiger partial charge in [-0.2, -0.15) is 0 Å². The van der Waals surface area contributed by atoms with Crippen LogP contribution in [-0.4, -0.2) is 56.6 Å². The number of rotatable bonds is 1. The van der Waals surface area contributed by atoms with Crippen molar-refractivity contribution < 1.29 is 25.5 Å². The first-order valence-electron chi connectivity index (χ1n) is 9.66. The highest BCUT2D eigenvalue weighted by Gasteiger charge is 2.75. The van der Waals surface area contributed by atoms with Crippen LogP contribution in [0.1, 0.15) is 46.0 Å². The van der Waals surface area contributed by atoms with Gasteiger partial charge in [-0.3, -0.25) is 0 Å². The summed E-state index contributed by atoms with van der Waals surface area (Å²) in [7, 11) is 0. The summed E-state index contributed by atoms with van der Waals surface area (Å²) in [6.07, 6.45) is -0.300. The van der Waals surface area contributed by atoms with Crippen molar-refractivity contribution in [1.82, 2.24) is 0 Å². The van der Waals surface area contributed by atoms with E-state index in [1.807, 2.05) is 0 Å². The van der Waals surface area contributed by atoms with Gasteiger partial charge in [0.05, 0.1) is 31.0 Å². The molecule has 4 rings (SSSR count). The van der Waals surface area contributed by atoms with E-state index in [0.717, 1.165) is 24.8 Å². The molecule has 4 saturated carbocycles. The average molecular weight is 352 g/mol. The van der Waals surface area contributed by atoms with E-state index in [1.54, 1.807) is 0 Å². The average Bonchev–Trinajstić information content (AvgIpc) is 2.77. The second kappa shape index (κ2) is 5.29. The van der Waals surface area contributed by atoms with Crippen molar-refractivity contribution >= 4 is 0 Å². The predicted octanol–water partition coefficient (Wildman–Crippen LogP) is 0.831. The van der Waals surface area contributed by atoms with Crippen LogP contribution in [0.4, 0.5) is 0 Å². The van der Waals surface area contributed by atoms with Gasteiger partial charge in [0.25, 0.3) is 0 Å². The second-order valence-corrected chi connectivity index (χ2v) is 9.85. The molecule has 9 atom stereocenters. The quantitative estimate of drug-likeness (QED) is 0.450. The third-order valence-electron chi connectivity index (χ3n) is 8.68. The van der Waals surface area contributed by atoms with E-state index in [-0.39, 0.29) is 23.9 Å². The van der Waals surface area contributed by atoms with Gasteiger partial charge in [-0.1, -0.05) is 20.4 Å². The van der Waals surface area contributed by atoms with Crippen molar-refractivity contribution in [3.8, 4) is 0 Å². The number of fused-ring (bicyclic) bond motifs is 3. The molecule has 5 heteroatoms. The molecule has 0 amide bonds. The topological polar surface area (TPSA) is 101 Å². The molecule has 142 valence electrons. The molecule has 0 aromatic heterocycles. The summed E-state index contributed by atoms with van der Waals surface area (Å²) in [5, 5.41) is 55.0. The van der Waals surface area contributed by atoms with E-state index in [0.29, 0.717) is 12.8 Å². The molecule has 5 N–H and O–H groups in total. The third-order valence-corrected chi connectivity index (χ3v) is 8.68. The Bertz CT molecular complexity index is 589. The second-order valence-electron chi connectivity index (χ2n) is 9.85. The molecule has 1 spiro atoms. The highest BCUT2D eigenvalue weighted by molar-refractivity contribution is 5.31. The molecular weight excluding hydrogens is 320 g/mol. The zero-order valence-corrected chi connectivity index (χ0v) is 15.2. The van der Waals surface area contributed by atoms with Crippen LogP contribution in [0.3, 0.4) is 0 Å². The molecule has 2 bridgehead atoms. The lowest BCUT2D eigenvalue weighted by Crippen LogP contribution is -2.74. The summed E-state index contributed by atoms with van der Waals surface area (Å²) in [5.74, 6) is -0.486. The Hall–Kier alpha value is -0.460. The number of hydrogen-bond donors (Lipinski definition) is 5. The summed E-state index contributed by atoms with van der Waals surface area (Å²) < 4.78 is 0. The first-order valence-corrected chi connectivity index (χ1v) is 9.66. The van der Waals surface area contributed by atoms with Gasteiger partial charge in [0.2, 0.25) is 0 Å². The zero-order valence-electron chi connectivity index (χ0n) is 15.2. The fraction of sp³-hybridized carbons (Fsp3) is 0.900. The number of aliphatic hydroxyl groups is 5. The van der Waals surface area contributed by atoms with Crippen LogP contribution in [-0.2, 0) is 0 Å². The van der Waals surface area contributed by atoms with Gasteiger partial charge in [-0.05, 0) is 54.9 Å². The van der Waals surface area contributed by atoms with Gasteiger partial charge in [0.1, 0.15) is 0 Å². The van der Waals surface area contributed by atoms with Crippen LogP contribution in [0.2, 0.25) is 0 Å². The fourth-order valence-corrected chi connectivity index (χ4v) is 7.66. The summed E-state index contributed by atoms with van der Waals surface area (Å²) in [4.78, 5) is 0. The monoisotopic (exact) mass is 352 g/mol. The summed E-state index contributed by atoms with van der Waals surface area (Å²) in [6.45, 7) is 7.93.